The summed E-state index contributed by atoms with van der Waals surface area (Å²) in [7, 11) is 1.56. The normalized spacial score (nSPS) is 12.9. The molecule has 1 aliphatic rings. The molecule has 0 bridgehead atoms. The van der Waals surface area contributed by atoms with Crippen LogP contribution in [0, 0.1) is 6.92 Å². The minimum atomic E-state index is -0.238. The SMILES string of the molecule is COc1c(NC(=O)c2cn3c(n2)CCNCC3)ccnc1C.Cl.Cl. The predicted octanol–water partition coefficient (Wildman–Crippen LogP) is 1.84. The van der Waals surface area contributed by atoms with Gasteiger partial charge in [-0.05, 0) is 13.0 Å². The molecule has 9 heteroatoms. The number of pyridine rings is 1. The monoisotopic (exact) mass is 373 g/mol. The number of hydrogen-bond donors (Lipinski definition) is 2. The van der Waals surface area contributed by atoms with Crippen LogP contribution >= 0.6 is 24.8 Å². The minimum absolute atomic E-state index is 0. The number of amides is 1. The van der Waals surface area contributed by atoms with Crippen LogP contribution in [0.2, 0.25) is 0 Å². The van der Waals surface area contributed by atoms with Gasteiger partial charge in [-0.1, -0.05) is 0 Å². The molecule has 1 amide bonds. The summed E-state index contributed by atoms with van der Waals surface area (Å²) < 4.78 is 7.33. The second kappa shape index (κ2) is 8.86. The molecule has 0 saturated heterocycles. The smallest absolute Gasteiger partial charge is 0.275 e. The van der Waals surface area contributed by atoms with Crippen LogP contribution in [0.5, 0.6) is 5.75 Å². The van der Waals surface area contributed by atoms with Crippen molar-refractivity contribution in [1.29, 1.82) is 0 Å². The van der Waals surface area contributed by atoms with E-state index in [1.165, 1.54) is 0 Å². The zero-order valence-electron chi connectivity index (χ0n) is 13.5. The predicted molar refractivity (Wildman–Crippen MR) is 96.8 cm³/mol. The number of aryl methyl sites for hydroxylation is 1. The van der Waals surface area contributed by atoms with Crippen molar-refractivity contribution in [2.75, 3.05) is 25.5 Å². The number of rotatable bonds is 3. The van der Waals surface area contributed by atoms with Gasteiger partial charge in [-0.15, -0.1) is 24.8 Å². The number of aromatic nitrogens is 3. The molecular formula is C15H21Cl2N5O2. The first-order chi connectivity index (χ1) is 10.7. The lowest BCUT2D eigenvalue weighted by atomic mass is 10.3. The van der Waals surface area contributed by atoms with E-state index < -0.39 is 0 Å². The highest BCUT2D eigenvalue weighted by molar-refractivity contribution is 6.03. The van der Waals surface area contributed by atoms with E-state index in [1.807, 2.05) is 11.5 Å². The van der Waals surface area contributed by atoms with Crippen molar-refractivity contribution in [3.8, 4) is 5.75 Å². The molecular weight excluding hydrogens is 353 g/mol. The maximum absolute atomic E-state index is 12.4. The molecule has 0 aromatic carbocycles. The van der Waals surface area contributed by atoms with E-state index in [1.54, 1.807) is 25.6 Å². The van der Waals surface area contributed by atoms with Gasteiger partial charge in [-0.2, -0.15) is 0 Å². The highest BCUT2D eigenvalue weighted by Crippen LogP contribution is 2.26. The van der Waals surface area contributed by atoms with Crippen LogP contribution in [0.4, 0.5) is 5.69 Å². The van der Waals surface area contributed by atoms with E-state index in [9.17, 15) is 4.79 Å². The fourth-order valence-electron chi connectivity index (χ4n) is 2.58. The Labute approximate surface area is 153 Å². The third-order valence-corrected chi connectivity index (χ3v) is 3.68. The van der Waals surface area contributed by atoms with Crippen molar-refractivity contribution in [2.45, 2.75) is 19.9 Å². The Morgan fingerprint density at radius 3 is 2.92 bits per heavy atom. The number of nitrogens with zero attached hydrogens (tertiary/aromatic N) is 3. The second-order valence-electron chi connectivity index (χ2n) is 5.17. The van der Waals surface area contributed by atoms with Gasteiger partial charge in [0.15, 0.2) is 5.75 Å². The number of ether oxygens (including phenoxy) is 1. The number of halogens is 2. The quantitative estimate of drug-likeness (QED) is 0.857. The summed E-state index contributed by atoms with van der Waals surface area (Å²) in [6.07, 6.45) is 4.27. The number of methoxy groups -OCH3 is 1. The number of anilines is 1. The molecule has 0 spiro atoms. The molecule has 1 aliphatic heterocycles. The molecule has 0 unspecified atom stereocenters. The summed E-state index contributed by atoms with van der Waals surface area (Å²) in [6, 6.07) is 1.72. The van der Waals surface area contributed by atoms with Gasteiger partial charge >= 0.3 is 0 Å². The molecule has 2 N–H and O–H groups in total. The Morgan fingerprint density at radius 1 is 1.38 bits per heavy atom. The van der Waals surface area contributed by atoms with Gasteiger partial charge in [0.25, 0.3) is 5.91 Å². The van der Waals surface area contributed by atoms with Gasteiger partial charge in [0.2, 0.25) is 0 Å². The minimum Gasteiger partial charge on any atom is -0.493 e. The molecule has 3 heterocycles. The largest absolute Gasteiger partial charge is 0.493 e. The summed E-state index contributed by atoms with van der Waals surface area (Å²) in [5.74, 6) is 1.27. The Bertz CT molecular complexity index is 682. The van der Waals surface area contributed by atoms with Crippen molar-refractivity contribution < 1.29 is 9.53 Å². The first-order valence-corrected chi connectivity index (χ1v) is 7.26. The molecule has 0 atom stereocenters. The van der Waals surface area contributed by atoms with E-state index in [0.29, 0.717) is 17.1 Å². The fourth-order valence-corrected chi connectivity index (χ4v) is 2.58. The summed E-state index contributed by atoms with van der Waals surface area (Å²) in [6.45, 7) is 4.44. The van der Waals surface area contributed by atoms with Gasteiger partial charge in [0, 0.05) is 38.4 Å². The summed E-state index contributed by atoms with van der Waals surface area (Å²) in [4.78, 5) is 21.0. The highest BCUT2D eigenvalue weighted by Gasteiger charge is 2.17. The first-order valence-electron chi connectivity index (χ1n) is 7.26. The Morgan fingerprint density at radius 2 is 2.17 bits per heavy atom. The van der Waals surface area contributed by atoms with Crippen molar-refractivity contribution in [3.63, 3.8) is 0 Å². The second-order valence-corrected chi connectivity index (χ2v) is 5.17. The molecule has 0 aliphatic carbocycles. The Balaban J connectivity index is 0.00000144. The topological polar surface area (TPSA) is 81.1 Å². The zero-order valence-corrected chi connectivity index (χ0v) is 15.2. The summed E-state index contributed by atoms with van der Waals surface area (Å²) >= 11 is 0. The molecule has 0 saturated carbocycles. The van der Waals surface area contributed by atoms with Crippen molar-refractivity contribution in [3.05, 3.63) is 35.7 Å². The summed E-state index contributed by atoms with van der Waals surface area (Å²) in [5.41, 5.74) is 1.75. The van der Waals surface area contributed by atoms with Crippen molar-refractivity contribution >= 4 is 36.4 Å². The Hall–Kier alpha value is -1.83. The van der Waals surface area contributed by atoms with Crippen LogP contribution in [-0.4, -0.2) is 40.6 Å². The zero-order chi connectivity index (χ0) is 15.5. The van der Waals surface area contributed by atoms with Crippen LogP contribution in [0.25, 0.3) is 0 Å². The van der Waals surface area contributed by atoms with Gasteiger partial charge < -0.3 is 19.9 Å². The number of carbonyl (C=O) groups excluding carboxylic acids is 1. The molecule has 132 valence electrons. The number of nitrogens with one attached hydrogen (secondary N) is 2. The average Bonchev–Trinajstić information content (AvgIpc) is 2.79. The van der Waals surface area contributed by atoms with Crippen LogP contribution in [-0.2, 0) is 13.0 Å². The molecule has 7 nitrogen and oxygen atoms in total. The van der Waals surface area contributed by atoms with E-state index >= 15 is 0 Å². The molecule has 24 heavy (non-hydrogen) atoms. The van der Waals surface area contributed by atoms with Crippen molar-refractivity contribution in [2.24, 2.45) is 0 Å². The molecule has 2 aromatic rings. The lowest BCUT2D eigenvalue weighted by molar-refractivity contribution is 0.102. The average molecular weight is 374 g/mol. The maximum Gasteiger partial charge on any atom is 0.275 e. The highest BCUT2D eigenvalue weighted by atomic mass is 35.5. The summed E-state index contributed by atoms with van der Waals surface area (Å²) in [5, 5.41) is 6.15. The van der Waals surface area contributed by atoms with Gasteiger partial charge in [-0.25, -0.2) is 4.98 Å². The standard InChI is InChI=1S/C15H19N5O2.2ClH/c1-10-14(22-2)11(3-6-17-10)19-15(21)12-9-20-8-7-16-5-4-13(20)18-12;;/h3,6,9,16H,4-5,7-8H2,1-2H3,(H,17,19,21);2*1H. The molecule has 0 radical (unpaired) electrons. The van der Waals surface area contributed by atoms with Gasteiger partial charge in [0.05, 0.1) is 18.5 Å². The van der Waals surface area contributed by atoms with E-state index in [-0.39, 0.29) is 30.7 Å². The van der Waals surface area contributed by atoms with E-state index in [0.717, 1.165) is 37.6 Å². The number of hydrogen-bond acceptors (Lipinski definition) is 5. The third-order valence-electron chi connectivity index (χ3n) is 3.68. The first kappa shape index (κ1) is 20.2. The van der Waals surface area contributed by atoms with Crippen molar-refractivity contribution in [1.82, 2.24) is 19.9 Å². The van der Waals surface area contributed by atoms with Crippen LogP contribution in [0.1, 0.15) is 22.0 Å². The molecule has 3 rings (SSSR count). The van der Waals surface area contributed by atoms with E-state index in [4.69, 9.17) is 4.74 Å². The number of fused-ring (bicyclic) bond motifs is 1. The number of carbonyl (C=O) groups is 1. The van der Waals surface area contributed by atoms with Crippen LogP contribution in [0.15, 0.2) is 18.5 Å². The van der Waals surface area contributed by atoms with E-state index in [2.05, 4.69) is 20.6 Å². The van der Waals surface area contributed by atoms with Crippen LogP contribution < -0.4 is 15.4 Å². The lowest BCUT2D eigenvalue weighted by Gasteiger charge is -2.10. The fraction of sp³-hybridized carbons (Fsp3) is 0.400. The molecule has 2 aromatic heterocycles. The molecule has 0 fully saturated rings. The van der Waals surface area contributed by atoms with Gasteiger partial charge in [-0.3, -0.25) is 9.78 Å². The number of imidazole rings is 1. The lowest BCUT2D eigenvalue weighted by Crippen LogP contribution is -2.18. The van der Waals surface area contributed by atoms with Gasteiger partial charge in [0.1, 0.15) is 11.5 Å². The third kappa shape index (κ3) is 4.17. The van der Waals surface area contributed by atoms with Crippen LogP contribution in [0.3, 0.4) is 0 Å². The Kier molecular flexibility index (Phi) is 7.47. The maximum atomic E-state index is 12.4.